The van der Waals surface area contributed by atoms with Gasteiger partial charge in [0.05, 0.1) is 39.6 Å². The number of quaternary nitrogens is 1. The fourth-order valence-electron chi connectivity index (χ4n) is 0. The predicted molar refractivity (Wildman–Crippen MR) is 34.7 cm³/mol. The Morgan fingerprint density at radius 3 is 1.56 bits per heavy atom. The molecule has 0 aliphatic carbocycles. The second-order valence-corrected chi connectivity index (χ2v) is 2.61. The van der Waals surface area contributed by atoms with E-state index in [0.29, 0.717) is 0 Å². The van der Waals surface area contributed by atoms with Gasteiger partial charge in [-0.1, -0.05) is 0 Å². The van der Waals surface area contributed by atoms with Crippen molar-refractivity contribution in [1.82, 2.24) is 0 Å². The predicted octanol–water partition coefficient (Wildman–Crippen LogP) is -1.81. The van der Waals surface area contributed by atoms with Crippen molar-refractivity contribution >= 4 is 11.4 Å². The van der Waals surface area contributed by atoms with Crippen LogP contribution in [-0.2, 0) is 15.5 Å². The molecule has 1 unspecified atom stereocenters. The minimum Gasteiger partial charge on any atom is -0.750 e. The van der Waals surface area contributed by atoms with Gasteiger partial charge in [0.2, 0.25) is 0 Å². The van der Waals surface area contributed by atoms with E-state index < -0.39 is 11.4 Å². The molecule has 9 heavy (non-hydrogen) atoms. The van der Waals surface area contributed by atoms with Gasteiger partial charge in [0, 0.05) is 0 Å². The molecule has 0 aromatic rings. The lowest BCUT2D eigenvalue weighted by atomic mass is 11.0. The smallest absolute Gasteiger partial charge is 0.0839 e. The third kappa shape index (κ3) is 70.9. The number of hydrogen-bond acceptors (Lipinski definition) is 3. The maximum atomic E-state index is 9.15. The van der Waals surface area contributed by atoms with E-state index in [2.05, 4.69) is 25.3 Å². The average Bonchev–Trinajstić information content (AvgIpc) is 1.65. The van der Waals surface area contributed by atoms with Crippen LogP contribution >= 0.6 is 0 Å². The first-order valence-corrected chi connectivity index (χ1v) is 3.41. The van der Waals surface area contributed by atoms with Gasteiger partial charge in [-0.2, -0.15) is 0 Å². The zero-order valence-corrected chi connectivity index (χ0v) is 6.95. The average molecular weight is 155 g/mol. The highest BCUT2D eigenvalue weighted by Gasteiger charge is 1.61. The summed E-state index contributed by atoms with van der Waals surface area (Å²) in [6.45, 7) is 0. The van der Waals surface area contributed by atoms with Crippen molar-refractivity contribution in [1.29, 1.82) is 0 Å². The molecule has 0 aromatic carbocycles. The van der Waals surface area contributed by atoms with Gasteiger partial charge in [-0.25, -0.2) is 4.21 Å². The summed E-state index contributed by atoms with van der Waals surface area (Å²) >= 11 is -2.32. The summed E-state index contributed by atoms with van der Waals surface area (Å²) in [7, 11) is 7.34. The molecule has 0 spiro atoms. The van der Waals surface area contributed by atoms with Crippen molar-refractivity contribution in [2.75, 3.05) is 28.3 Å². The highest BCUT2D eigenvalue weighted by atomic mass is 32.2. The normalized spacial score (nSPS) is 12.2. The van der Waals surface area contributed by atoms with Crippen LogP contribution in [0.15, 0.2) is 0 Å². The summed E-state index contributed by atoms with van der Waals surface area (Å²) in [5.41, 5.74) is 0. The molecule has 0 aliphatic rings. The largest absolute Gasteiger partial charge is 0.750 e. The first kappa shape index (κ1) is 11.8. The highest BCUT2D eigenvalue weighted by Crippen LogP contribution is 1.63. The Bertz CT molecular complexity index is 73.5. The van der Waals surface area contributed by atoms with Crippen LogP contribution in [0.4, 0.5) is 0 Å². The first-order valence-electron chi connectivity index (χ1n) is 2.41. The molecule has 0 aromatic heterocycles. The molecule has 0 saturated heterocycles. The summed E-state index contributed by atoms with van der Waals surface area (Å²) in [6, 6.07) is 0. The Balaban J connectivity index is 0. The van der Waals surface area contributed by atoms with Gasteiger partial charge in [0.25, 0.3) is 0 Å². The Kier molecular flexibility index (Phi) is 10.5. The standard InChI is InChI=1S/C3H9N.CH4O3S/c1-4(2)3;1-4-5(2)3/h1-3H3;1H3,(H,2,3). The summed E-state index contributed by atoms with van der Waals surface area (Å²) < 4.78 is 22.0. The summed E-state index contributed by atoms with van der Waals surface area (Å²) in [6.07, 6.45) is 0. The molecule has 5 heteroatoms. The monoisotopic (exact) mass is 155 g/mol. The molecule has 0 heterocycles. The number of nitrogens with one attached hydrogen (secondary N) is 1. The second kappa shape index (κ2) is 8.03. The fraction of sp³-hybridized carbons (Fsp3) is 1.00. The second-order valence-electron chi connectivity index (χ2n) is 1.87. The summed E-state index contributed by atoms with van der Waals surface area (Å²) in [5, 5.41) is 0. The maximum absolute atomic E-state index is 9.15. The topological polar surface area (TPSA) is 53.8 Å². The molecular weight excluding hydrogens is 142 g/mol. The quantitative estimate of drug-likeness (QED) is 0.454. The van der Waals surface area contributed by atoms with Gasteiger partial charge in [-0.3, -0.25) is 0 Å². The lowest BCUT2D eigenvalue weighted by molar-refractivity contribution is -0.836. The van der Waals surface area contributed by atoms with E-state index in [9.17, 15) is 0 Å². The van der Waals surface area contributed by atoms with Crippen LogP contribution in [0.2, 0.25) is 0 Å². The Hall–Kier alpha value is 0.0300. The van der Waals surface area contributed by atoms with Crippen LogP contribution in [0.3, 0.4) is 0 Å². The lowest BCUT2D eigenvalue weighted by Gasteiger charge is -1.94. The van der Waals surface area contributed by atoms with Crippen molar-refractivity contribution in [2.24, 2.45) is 0 Å². The van der Waals surface area contributed by atoms with Crippen LogP contribution in [0.1, 0.15) is 0 Å². The zero-order valence-electron chi connectivity index (χ0n) is 6.13. The zero-order chi connectivity index (χ0) is 7.86. The Morgan fingerprint density at radius 2 is 1.56 bits per heavy atom. The highest BCUT2D eigenvalue weighted by molar-refractivity contribution is 7.74. The van der Waals surface area contributed by atoms with Crippen molar-refractivity contribution in [3.63, 3.8) is 0 Å². The van der Waals surface area contributed by atoms with E-state index in [-0.39, 0.29) is 0 Å². The van der Waals surface area contributed by atoms with Gasteiger partial charge in [0.1, 0.15) is 0 Å². The third-order valence-corrected chi connectivity index (χ3v) is 0.408. The summed E-state index contributed by atoms with van der Waals surface area (Å²) in [4.78, 5) is 1.42. The molecule has 0 bridgehead atoms. The molecule has 0 fully saturated rings. The van der Waals surface area contributed by atoms with Gasteiger partial charge >= 0.3 is 0 Å². The van der Waals surface area contributed by atoms with Crippen molar-refractivity contribution in [3.05, 3.63) is 0 Å². The lowest BCUT2D eigenvalue weighted by Crippen LogP contribution is -3.02. The van der Waals surface area contributed by atoms with Gasteiger partial charge < -0.3 is 13.6 Å². The molecule has 0 saturated carbocycles. The van der Waals surface area contributed by atoms with E-state index >= 15 is 0 Å². The molecule has 58 valence electrons. The van der Waals surface area contributed by atoms with Crippen molar-refractivity contribution in [3.8, 4) is 0 Å². The molecule has 4 nitrogen and oxygen atoms in total. The molecule has 1 N–H and O–H groups in total. The fourth-order valence-corrected chi connectivity index (χ4v) is 0. The Labute approximate surface area is 58.3 Å². The van der Waals surface area contributed by atoms with Crippen molar-refractivity contribution in [2.45, 2.75) is 0 Å². The van der Waals surface area contributed by atoms with Gasteiger partial charge in [-0.15, -0.1) is 0 Å². The minimum absolute atomic E-state index is 1.09. The molecular formula is C4H13NO3S. The van der Waals surface area contributed by atoms with Crippen LogP contribution in [-0.4, -0.2) is 37.0 Å². The van der Waals surface area contributed by atoms with Crippen LogP contribution in [0.25, 0.3) is 0 Å². The molecule has 0 amide bonds. The van der Waals surface area contributed by atoms with Gasteiger partial charge in [-0.05, 0) is 0 Å². The third-order valence-electron chi connectivity index (χ3n) is 0.136. The van der Waals surface area contributed by atoms with Crippen molar-refractivity contribution < 1.29 is 17.8 Å². The van der Waals surface area contributed by atoms with E-state index in [0.717, 1.165) is 7.11 Å². The molecule has 0 rings (SSSR count). The van der Waals surface area contributed by atoms with Crippen LogP contribution in [0, 0.1) is 0 Å². The van der Waals surface area contributed by atoms with Crippen LogP contribution < -0.4 is 4.90 Å². The van der Waals surface area contributed by atoms with E-state index in [1.807, 2.05) is 0 Å². The molecule has 0 radical (unpaired) electrons. The van der Waals surface area contributed by atoms with Gasteiger partial charge in [0.15, 0.2) is 0 Å². The van der Waals surface area contributed by atoms with E-state index in [1.165, 1.54) is 4.90 Å². The SMILES string of the molecule is COS(=O)[O-].C[NH+](C)C. The molecule has 1 atom stereocenters. The minimum atomic E-state index is -2.32. The Morgan fingerprint density at radius 1 is 1.44 bits per heavy atom. The number of rotatable bonds is 1. The van der Waals surface area contributed by atoms with E-state index in [4.69, 9.17) is 8.76 Å². The number of hydrogen-bond donors (Lipinski definition) is 1. The first-order chi connectivity index (χ1) is 4.00. The van der Waals surface area contributed by atoms with Crippen LogP contribution in [0.5, 0.6) is 0 Å². The van der Waals surface area contributed by atoms with E-state index in [1.54, 1.807) is 0 Å². The maximum Gasteiger partial charge on any atom is 0.0839 e. The summed E-state index contributed by atoms with van der Waals surface area (Å²) in [5.74, 6) is 0. The molecule has 0 aliphatic heterocycles.